The minimum Gasteiger partial charge on any atom is -0.329 e. The fraction of sp³-hybridized carbons (Fsp3) is 0. The van der Waals surface area contributed by atoms with Crippen LogP contribution in [0.25, 0.3) is 10.2 Å². The second-order valence-corrected chi connectivity index (χ2v) is 5.74. The predicted octanol–water partition coefficient (Wildman–Crippen LogP) is 5.08. The fourth-order valence-electron chi connectivity index (χ4n) is 1.66. The van der Waals surface area contributed by atoms with Crippen LogP contribution in [0.5, 0.6) is 0 Å². The maximum absolute atomic E-state index is 13.7. The average Bonchev–Trinajstić information content (AvgIpc) is 2.78. The number of nitrogens with zero attached hydrogens (tertiary/aromatic N) is 1. The molecule has 0 unspecified atom stereocenters. The Morgan fingerprint density at radius 1 is 1.11 bits per heavy atom. The Balaban J connectivity index is 1.98. The lowest BCUT2D eigenvalue weighted by molar-refractivity contribution is 0.598. The minimum absolute atomic E-state index is 0.0692. The SMILES string of the molecule is Fc1cc(Nc2nc3ccccc3s2)c(F)cc1Br. The maximum atomic E-state index is 13.7. The molecule has 0 radical (unpaired) electrons. The molecule has 0 atom stereocenters. The minimum atomic E-state index is -0.535. The second kappa shape index (κ2) is 4.86. The van der Waals surface area contributed by atoms with Crippen LogP contribution in [0, 0.1) is 11.6 Å². The van der Waals surface area contributed by atoms with E-state index < -0.39 is 11.6 Å². The summed E-state index contributed by atoms with van der Waals surface area (Å²) in [4.78, 5) is 4.31. The molecule has 19 heavy (non-hydrogen) atoms. The molecule has 0 aliphatic carbocycles. The van der Waals surface area contributed by atoms with E-state index in [2.05, 4.69) is 26.2 Å². The monoisotopic (exact) mass is 340 g/mol. The number of para-hydroxylation sites is 1. The molecule has 2 aromatic carbocycles. The molecule has 0 fully saturated rings. The van der Waals surface area contributed by atoms with Crippen LogP contribution < -0.4 is 5.32 Å². The molecule has 3 aromatic rings. The van der Waals surface area contributed by atoms with Gasteiger partial charge in [-0.2, -0.15) is 0 Å². The van der Waals surface area contributed by atoms with Crippen LogP contribution in [-0.4, -0.2) is 4.98 Å². The van der Waals surface area contributed by atoms with E-state index in [9.17, 15) is 8.78 Å². The predicted molar refractivity (Wildman–Crippen MR) is 77.0 cm³/mol. The maximum Gasteiger partial charge on any atom is 0.188 e. The first-order valence-electron chi connectivity index (χ1n) is 5.40. The molecule has 1 aromatic heterocycles. The zero-order valence-electron chi connectivity index (χ0n) is 9.45. The number of nitrogens with one attached hydrogen (secondary N) is 1. The van der Waals surface area contributed by atoms with E-state index in [1.807, 2.05) is 24.3 Å². The molecule has 2 nitrogen and oxygen atoms in total. The highest BCUT2D eigenvalue weighted by Gasteiger charge is 2.10. The summed E-state index contributed by atoms with van der Waals surface area (Å²) in [5.74, 6) is -1.06. The molecule has 1 N–H and O–H groups in total. The van der Waals surface area contributed by atoms with E-state index >= 15 is 0 Å². The number of hydrogen-bond donors (Lipinski definition) is 1. The Hall–Kier alpha value is -1.53. The van der Waals surface area contributed by atoms with Crippen LogP contribution in [0.4, 0.5) is 19.6 Å². The zero-order chi connectivity index (χ0) is 13.4. The summed E-state index contributed by atoms with van der Waals surface area (Å²) in [6, 6.07) is 9.78. The van der Waals surface area contributed by atoms with Gasteiger partial charge in [0, 0.05) is 6.07 Å². The Morgan fingerprint density at radius 2 is 1.89 bits per heavy atom. The molecular weight excluding hydrogens is 334 g/mol. The van der Waals surface area contributed by atoms with E-state index in [1.54, 1.807) is 0 Å². The van der Waals surface area contributed by atoms with Crippen LogP contribution in [-0.2, 0) is 0 Å². The summed E-state index contributed by atoms with van der Waals surface area (Å²) in [7, 11) is 0. The molecule has 1 heterocycles. The number of anilines is 2. The Labute approximate surface area is 120 Å². The lowest BCUT2D eigenvalue weighted by atomic mass is 10.3. The highest BCUT2D eigenvalue weighted by molar-refractivity contribution is 9.10. The highest BCUT2D eigenvalue weighted by atomic mass is 79.9. The average molecular weight is 341 g/mol. The van der Waals surface area contributed by atoms with Gasteiger partial charge in [0.15, 0.2) is 5.13 Å². The zero-order valence-corrected chi connectivity index (χ0v) is 11.9. The van der Waals surface area contributed by atoms with Crippen molar-refractivity contribution in [2.24, 2.45) is 0 Å². The number of halogens is 3. The van der Waals surface area contributed by atoms with Crippen LogP contribution in [0.1, 0.15) is 0 Å². The number of aromatic nitrogens is 1. The standard InChI is InChI=1S/C13H7BrF2N2S/c14-7-5-9(16)11(6-8(7)15)18-13-17-10-3-1-2-4-12(10)19-13/h1-6H,(H,17,18). The summed E-state index contributed by atoms with van der Waals surface area (Å²) < 4.78 is 28.2. The largest absolute Gasteiger partial charge is 0.329 e. The smallest absolute Gasteiger partial charge is 0.188 e. The molecule has 3 rings (SSSR count). The van der Waals surface area contributed by atoms with Crippen molar-refractivity contribution in [3.63, 3.8) is 0 Å². The van der Waals surface area contributed by atoms with Crippen molar-refractivity contribution >= 4 is 48.3 Å². The van der Waals surface area contributed by atoms with Gasteiger partial charge in [-0.15, -0.1) is 0 Å². The van der Waals surface area contributed by atoms with E-state index in [0.717, 1.165) is 22.3 Å². The third-order valence-electron chi connectivity index (χ3n) is 2.55. The first-order valence-corrected chi connectivity index (χ1v) is 7.01. The fourth-order valence-corrected chi connectivity index (χ4v) is 2.85. The Morgan fingerprint density at radius 3 is 2.68 bits per heavy atom. The van der Waals surface area contributed by atoms with E-state index in [1.165, 1.54) is 11.3 Å². The highest BCUT2D eigenvalue weighted by Crippen LogP contribution is 2.30. The van der Waals surface area contributed by atoms with Crippen molar-refractivity contribution in [2.75, 3.05) is 5.32 Å². The summed E-state index contributed by atoms with van der Waals surface area (Å²) in [5, 5.41) is 3.33. The van der Waals surface area contributed by atoms with E-state index in [4.69, 9.17) is 0 Å². The normalized spacial score (nSPS) is 10.9. The lowest BCUT2D eigenvalue weighted by Gasteiger charge is -2.05. The van der Waals surface area contributed by atoms with Crippen LogP contribution in [0.2, 0.25) is 0 Å². The molecule has 96 valence electrons. The first-order chi connectivity index (χ1) is 9.13. The van der Waals surface area contributed by atoms with Crippen molar-refractivity contribution in [1.29, 1.82) is 0 Å². The Kier molecular flexibility index (Phi) is 3.20. The van der Waals surface area contributed by atoms with Crippen molar-refractivity contribution in [1.82, 2.24) is 4.98 Å². The molecule has 0 spiro atoms. The van der Waals surface area contributed by atoms with Crippen LogP contribution in [0.3, 0.4) is 0 Å². The van der Waals surface area contributed by atoms with Gasteiger partial charge in [-0.3, -0.25) is 0 Å². The van der Waals surface area contributed by atoms with Crippen molar-refractivity contribution in [3.05, 3.63) is 52.5 Å². The van der Waals surface area contributed by atoms with Gasteiger partial charge < -0.3 is 5.32 Å². The lowest BCUT2D eigenvalue weighted by Crippen LogP contribution is -1.94. The Bertz CT molecular complexity index is 724. The summed E-state index contributed by atoms with van der Waals surface area (Å²) in [6.07, 6.45) is 0. The van der Waals surface area contributed by atoms with E-state index in [-0.39, 0.29) is 10.2 Å². The number of thiazole rings is 1. The molecule has 0 bridgehead atoms. The van der Waals surface area contributed by atoms with Crippen LogP contribution >= 0.6 is 27.3 Å². The van der Waals surface area contributed by atoms with Crippen molar-refractivity contribution < 1.29 is 8.78 Å². The van der Waals surface area contributed by atoms with E-state index in [0.29, 0.717) is 5.13 Å². The number of benzene rings is 2. The van der Waals surface area contributed by atoms with Gasteiger partial charge in [0.05, 0.1) is 20.4 Å². The van der Waals surface area contributed by atoms with Gasteiger partial charge in [-0.05, 0) is 34.1 Å². The third-order valence-corrected chi connectivity index (χ3v) is 4.10. The molecule has 6 heteroatoms. The molecule has 0 aliphatic rings. The van der Waals surface area contributed by atoms with Crippen LogP contribution in [0.15, 0.2) is 40.9 Å². The topological polar surface area (TPSA) is 24.9 Å². The van der Waals surface area contributed by atoms with Gasteiger partial charge in [-0.25, -0.2) is 13.8 Å². The summed E-state index contributed by atoms with van der Waals surface area (Å²) >= 11 is 4.33. The molecule has 0 aliphatic heterocycles. The van der Waals surface area contributed by atoms with Gasteiger partial charge in [0.2, 0.25) is 0 Å². The van der Waals surface area contributed by atoms with Crippen molar-refractivity contribution in [2.45, 2.75) is 0 Å². The molecule has 0 saturated carbocycles. The molecular formula is C13H7BrF2N2S. The third kappa shape index (κ3) is 2.46. The second-order valence-electron chi connectivity index (χ2n) is 3.86. The van der Waals surface area contributed by atoms with Gasteiger partial charge >= 0.3 is 0 Å². The summed E-state index contributed by atoms with van der Waals surface area (Å²) in [5.41, 5.74) is 0.896. The van der Waals surface area contributed by atoms with Crippen molar-refractivity contribution in [3.8, 4) is 0 Å². The molecule has 0 amide bonds. The number of fused-ring (bicyclic) bond motifs is 1. The summed E-state index contributed by atoms with van der Waals surface area (Å²) in [6.45, 7) is 0. The van der Waals surface area contributed by atoms with Gasteiger partial charge in [-0.1, -0.05) is 23.5 Å². The number of hydrogen-bond acceptors (Lipinski definition) is 3. The van der Waals surface area contributed by atoms with Gasteiger partial charge in [0.1, 0.15) is 11.6 Å². The molecule has 0 saturated heterocycles. The van der Waals surface area contributed by atoms with Gasteiger partial charge in [0.25, 0.3) is 0 Å². The first kappa shape index (κ1) is 12.5. The quantitative estimate of drug-likeness (QED) is 0.658. The number of rotatable bonds is 2.